The molecule has 0 saturated carbocycles. The number of nitrogens with one attached hydrogen (secondary N) is 1. The van der Waals surface area contributed by atoms with Gasteiger partial charge in [-0.1, -0.05) is 41.4 Å². The number of hydrogen-bond acceptors (Lipinski definition) is 3. The highest BCUT2D eigenvalue weighted by Gasteiger charge is 2.28. The molecule has 1 amide bonds. The molecule has 5 nitrogen and oxygen atoms in total. The van der Waals surface area contributed by atoms with Crippen LogP contribution in [0.25, 0.3) is 11.1 Å². The number of ether oxygens (including phenoxy) is 1. The highest BCUT2D eigenvalue weighted by Crippen LogP contribution is 2.41. The van der Waals surface area contributed by atoms with Crippen molar-refractivity contribution in [3.63, 3.8) is 0 Å². The summed E-state index contributed by atoms with van der Waals surface area (Å²) in [7, 11) is 0. The van der Waals surface area contributed by atoms with Gasteiger partial charge in [0, 0.05) is 12.0 Å². The van der Waals surface area contributed by atoms with Crippen LogP contribution in [0.2, 0.25) is 10.0 Å². The fourth-order valence-electron chi connectivity index (χ4n) is 3.93. The van der Waals surface area contributed by atoms with Gasteiger partial charge in [0.1, 0.15) is 29.1 Å². The van der Waals surface area contributed by atoms with E-state index in [9.17, 15) is 27.9 Å². The number of carbonyl (C=O) groups is 2. The second kappa shape index (κ2) is 9.66. The molecule has 0 spiro atoms. The van der Waals surface area contributed by atoms with Crippen LogP contribution in [-0.4, -0.2) is 23.0 Å². The van der Waals surface area contributed by atoms with Gasteiger partial charge in [0.15, 0.2) is 0 Å². The maximum atomic E-state index is 13.9. The predicted molar refractivity (Wildman–Crippen MR) is 119 cm³/mol. The zero-order valence-corrected chi connectivity index (χ0v) is 18.8. The molecule has 0 bridgehead atoms. The smallest absolute Gasteiger partial charge is 0.326 e. The number of fused-ring (bicyclic) bond motifs is 1. The molecular formula is C24H16Cl2F3NO4. The summed E-state index contributed by atoms with van der Waals surface area (Å²) in [6.07, 6.45) is -0.173. The molecule has 10 heteroatoms. The van der Waals surface area contributed by atoms with Gasteiger partial charge in [-0.15, -0.1) is 0 Å². The minimum Gasteiger partial charge on any atom is -0.480 e. The average Bonchev–Trinajstić information content (AvgIpc) is 3.24. The zero-order valence-electron chi connectivity index (χ0n) is 17.3. The molecule has 176 valence electrons. The van der Waals surface area contributed by atoms with Crippen LogP contribution in [0.4, 0.5) is 13.2 Å². The van der Waals surface area contributed by atoms with Crippen molar-refractivity contribution in [3.05, 3.63) is 92.2 Å². The number of carboxylic acid groups (broad SMARTS) is 1. The van der Waals surface area contributed by atoms with Crippen LogP contribution >= 0.6 is 23.2 Å². The largest absolute Gasteiger partial charge is 0.480 e. The highest BCUT2D eigenvalue weighted by atomic mass is 35.5. The standard InChI is InChI=1S/C24H16Cl2F3NO4/c25-16-7-12(27)8-17(26)21(16)13-5-4-11(14-9-34-10-15(13)14)6-20(24(32)33)30-23(31)22-18(28)2-1-3-19(22)29/h1-5,7-8,20H,6,9-10H2,(H,30,31)(H,32,33). The van der Waals surface area contributed by atoms with Gasteiger partial charge in [0.05, 0.1) is 23.3 Å². The number of halogens is 5. The van der Waals surface area contributed by atoms with Crippen molar-refractivity contribution in [2.75, 3.05) is 0 Å². The number of benzene rings is 3. The molecule has 1 unspecified atom stereocenters. The molecule has 0 aromatic heterocycles. The maximum Gasteiger partial charge on any atom is 0.326 e. The molecule has 1 aliphatic heterocycles. The summed E-state index contributed by atoms with van der Waals surface area (Å²) in [6, 6.07) is 6.99. The summed E-state index contributed by atoms with van der Waals surface area (Å²) >= 11 is 12.5. The molecular weight excluding hydrogens is 494 g/mol. The third kappa shape index (κ3) is 4.61. The number of aliphatic carboxylic acids is 1. The highest BCUT2D eigenvalue weighted by molar-refractivity contribution is 6.39. The third-order valence-corrected chi connectivity index (χ3v) is 6.11. The Morgan fingerprint density at radius 2 is 1.62 bits per heavy atom. The number of amides is 1. The lowest BCUT2D eigenvalue weighted by Crippen LogP contribution is -2.43. The van der Waals surface area contributed by atoms with Crippen molar-refractivity contribution in [3.8, 4) is 11.1 Å². The summed E-state index contributed by atoms with van der Waals surface area (Å²) in [5.41, 5.74) is 2.08. The summed E-state index contributed by atoms with van der Waals surface area (Å²) in [4.78, 5) is 24.3. The quantitative estimate of drug-likeness (QED) is 0.457. The Morgan fingerprint density at radius 1 is 1.00 bits per heavy atom. The lowest BCUT2D eigenvalue weighted by atomic mass is 9.91. The predicted octanol–water partition coefficient (Wildman–Crippen LogP) is 5.53. The molecule has 3 aromatic carbocycles. The lowest BCUT2D eigenvalue weighted by molar-refractivity contribution is -0.139. The summed E-state index contributed by atoms with van der Waals surface area (Å²) < 4.78 is 47.1. The fourth-order valence-corrected chi connectivity index (χ4v) is 4.60. The van der Waals surface area contributed by atoms with E-state index in [0.29, 0.717) is 27.8 Å². The molecule has 34 heavy (non-hydrogen) atoms. The van der Waals surface area contributed by atoms with Crippen LogP contribution in [0, 0.1) is 17.5 Å². The van der Waals surface area contributed by atoms with Gasteiger partial charge in [-0.2, -0.15) is 0 Å². The normalized spacial score (nSPS) is 13.4. The molecule has 1 aliphatic rings. The van der Waals surface area contributed by atoms with Crippen molar-refractivity contribution < 1.29 is 32.6 Å². The second-order valence-electron chi connectivity index (χ2n) is 7.63. The van der Waals surface area contributed by atoms with E-state index in [2.05, 4.69) is 5.32 Å². The van der Waals surface area contributed by atoms with Gasteiger partial charge >= 0.3 is 5.97 Å². The Balaban J connectivity index is 1.67. The Labute approximate surface area is 202 Å². The van der Waals surface area contributed by atoms with E-state index in [1.165, 1.54) is 0 Å². The fraction of sp³-hybridized carbons (Fsp3) is 0.167. The van der Waals surface area contributed by atoms with E-state index in [0.717, 1.165) is 30.3 Å². The second-order valence-corrected chi connectivity index (χ2v) is 8.45. The van der Waals surface area contributed by atoms with Crippen LogP contribution < -0.4 is 5.32 Å². The number of rotatable bonds is 6. The number of carboxylic acids is 1. The maximum absolute atomic E-state index is 13.9. The first kappa shape index (κ1) is 24.1. The van der Waals surface area contributed by atoms with Crippen LogP contribution in [0.3, 0.4) is 0 Å². The number of hydrogen-bond donors (Lipinski definition) is 2. The van der Waals surface area contributed by atoms with Crippen LogP contribution in [0.1, 0.15) is 27.0 Å². The van der Waals surface area contributed by atoms with Gasteiger partial charge in [-0.05, 0) is 46.5 Å². The van der Waals surface area contributed by atoms with Gasteiger partial charge < -0.3 is 15.2 Å². The Bertz CT molecular complexity index is 1270. The van der Waals surface area contributed by atoms with E-state index >= 15 is 0 Å². The third-order valence-electron chi connectivity index (χ3n) is 5.51. The summed E-state index contributed by atoms with van der Waals surface area (Å²) in [5.74, 6) is -5.36. The first-order valence-electron chi connectivity index (χ1n) is 10.0. The van der Waals surface area contributed by atoms with Gasteiger partial charge in [0.25, 0.3) is 5.91 Å². The first-order valence-corrected chi connectivity index (χ1v) is 10.8. The SMILES string of the molecule is O=C(NC(Cc1ccc(-c2c(Cl)cc(F)cc2Cl)c2c1COC2)C(=O)O)c1c(F)cccc1F. The molecule has 3 aromatic rings. The zero-order chi connectivity index (χ0) is 24.6. The van der Waals surface area contributed by atoms with Crippen LogP contribution in [0.15, 0.2) is 42.5 Å². The van der Waals surface area contributed by atoms with Gasteiger partial charge in [0.2, 0.25) is 0 Å². The van der Waals surface area contributed by atoms with Gasteiger partial charge in [-0.3, -0.25) is 4.79 Å². The minimum atomic E-state index is -1.47. The van der Waals surface area contributed by atoms with Crippen molar-refractivity contribution in [1.29, 1.82) is 0 Å². The lowest BCUT2D eigenvalue weighted by Gasteiger charge is -2.19. The topological polar surface area (TPSA) is 75.6 Å². The molecule has 0 saturated heterocycles. The van der Waals surface area contributed by atoms with Gasteiger partial charge in [-0.25, -0.2) is 18.0 Å². The van der Waals surface area contributed by atoms with E-state index in [4.69, 9.17) is 27.9 Å². The molecule has 0 fully saturated rings. The monoisotopic (exact) mass is 509 g/mol. The average molecular weight is 510 g/mol. The van der Waals surface area contributed by atoms with Crippen molar-refractivity contribution >= 4 is 35.1 Å². The van der Waals surface area contributed by atoms with E-state index in [1.807, 2.05) is 0 Å². The van der Waals surface area contributed by atoms with Crippen LogP contribution in [-0.2, 0) is 29.2 Å². The van der Waals surface area contributed by atoms with Crippen LogP contribution in [0.5, 0.6) is 0 Å². The summed E-state index contributed by atoms with van der Waals surface area (Å²) in [5, 5.41) is 12.0. The molecule has 2 N–H and O–H groups in total. The Morgan fingerprint density at radius 3 is 2.24 bits per heavy atom. The van der Waals surface area contributed by atoms with E-state index < -0.39 is 40.9 Å². The first-order chi connectivity index (χ1) is 16.2. The molecule has 4 rings (SSSR count). The Kier molecular flexibility index (Phi) is 6.84. The molecule has 1 heterocycles. The minimum absolute atomic E-state index is 0.106. The van der Waals surface area contributed by atoms with E-state index in [1.54, 1.807) is 12.1 Å². The summed E-state index contributed by atoms with van der Waals surface area (Å²) in [6.45, 7) is 0.351. The van der Waals surface area contributed by atoms with Crippen molar-refractivity contribution in [2.24, 2.45) is 0 Å². The van der Waals surface area contributed by atoms with Crippen molar-refractivity contribution in [2.45, 2.75) is 25.7 Å². The molecule has 0 aliphatic carbocycles. The number of carbonyl (C=O) groups excluding carboxylic acids is 1. The molecule has 0 radical (unpaired) electrons. The van der Waals surface area contributed by atoms with Crippen molar-refractivity contribution in [1.82, 2.24) is 5.32 Å². The Hall–Kier alpha value is -3.07. The molecule has 1 atom stereocenters. The van der Waals surface area contributed by atoms with E-state index in [-0.39, 0.29) is 29.7 Å².